The molecule has 1 aromatic rings. The van der Waals surface area contributed by atoms with E-state index in [1.165, 1.54) is 6.42 Å². The summed E-state index contributed by atoms with van der Waals surface area (Å²) in [6, 6.07) is 4.67. The van der Waals surface area contributed by atoms with Gasteiger partial charge in [0.2, 0.25) is 0 Å². The molecule has 0 amide bonds. The number of anilines is 1. The summed E-state index contributed by atoms with van der Waals surface area (Å²) in [5.41, 5.74) is 7.15. The molecule has 0 aliphatic carbocycles. The predicted octanol–water partition coefficient (Wildman–Crippen LogP) is 2.34. The fraction of sp³-hybridized carbons (Fsp3) is 0.615. The van der Waals surface area contributed by atoms with Crippen molar-refractivity contribution in [2.45, 2.75) is 39.3 Å². The fourth-order valence-electron chi connectivity index (χ4n) is 2.60. The lowest BCUT2D eigenvalue weighted by atomic mass is 10.1. The number of nitrogens with zero attached hydrogens (tertiary/aromatic N) is 2. The molecule has 3 atom stereocenters. The SMILES string of the molecule is CC1CC(C)N(c2ncccc2[C@@H](C)N)C1. The zero-order valence-electron chi connectivity index (χ0n) is 10.4. The molecule has 16 heavy (non-hydrogen) atoms. The molecule has 88 valence electrons. The van der Waals surface area contributed by atoms with Gasteiger partial charge in [-0.1, -0.05) is 13.0 Å². The van der Waals surface area contributed by atoms with Gasteiger partial charge in [-0.05, 0) is 32.3 Å². The molecule has 1 aliphatic heterocycles. The number of nitrogens with two attached hydrogens (primary N) is 1. The molecule has 0 saturated carbocycles. The van der Waals surface area contributed by atoms with Crippen LogP contribution in [0.1, 0.15) is 38.8 Å². The summed E-state index contributed by atoms with van der Waals surface area (Å²) in [6.45, 7) is 7.68. The Balaban J connectivity index is 2.33. The highest BCUT2D eigenvalue weighted by molar-refractivity contribution is 5.50. The lowest BCUT2D eigenvalue weighted by Gasteiger charge is -2.26. The third-order valence-electron chi connectivity index (χ3n) is 3.36. The molecule has 1 aliphatic rings. The molecule has 0 radical (unpaired) electrons. The molecule has 0 bridgehead atoms. The Morgan fingerprint density at radius 3 is 2.81 bits per heavy atom. The maximum Gasteiger partial charge on any atom is 0.133 e. The van der Waals surface area contributed by atoms with Gasteiger partial charge in [-0.15, -0.1) is 0 Å². The molecule has 1 saturated heterocycles. The molecule has 3 nitrogen and oxygen atoms in total. The first kappa shape index (κ1) is 11.4. The summed E-state index contributed by atoms with van der Waals surface area (Å²) in [6.07, 6.45) is 3.10. The molecule has 2 rings (SSSR count). The molecular weight excluding hydrogens is 198 g/mol. The van der Waals surface area contributed by atoms with Gasteiger partial charge in [0, 0.05) is 30.4 Å². The molecule has 1 aromatic heterocycles. The Labute approximate surface area is 97.7 Å². The van der Waals surface area contributed by atoms with E-state index in [2.05, 4.69) is 29.8 Å². The first-order valence-electron chi connectivity index (χ1n) is 6.06. The fourth-order valence-corrected chi connectivity index (χ4v) is 2.60. The summed E-state index contributed by atoms with van der Waals surface area (Å²) >= 11 is 0. The molecular formula is C13H21N3. The van der Waals surface area contributed by atoms with Crippen molar-refractivity contribution in [1.82, 2.24) is 4.98 Å². The summed E-state index contributed by atoms with van der Waals surface area (Å²) < 4.78 is 0. The van der Waals surface area contributed by atoms with Crippen LogP contribution in [0, 0.1) is 5.92 Å². The quantitative estimate of drug-likeness (QED) is 0.830. The average Bonchev–Trinajstić information content (AvgIpc) is 2.57. The van der Waals surface area contributed by atoms with Crippen LogP contribution >= 0.6 is 0 Å². The van der Waals surface area contributed by atoms with Gasteiger partial charge in [0.05, 0.1) is 0 Å². The Bertz CT molecular complexity index is 362. The van der Waals surface area contributed by atoms with E-state index < -0.39 is 0 Å². The highest BCUT2D eigenvalue weighted by atomic mass is 15.2. The number of rotatable bonds is 2. The van der Waals surface area contributed by atoms with Crippen molar-refractivity contribution < 1.29 is 0 Å². The van der Waals surface area contributed by atoms with Gasteiger partial charge in [0.1, 0.15) is 5.82 Å². The lowest BCUT2D eigenvalue weighted by molar-refractivity contribution is 0.625. The van der Waals surface area contributed by atoms with Gasteiger partial charge in [0.15, 0.2) is 0 Å². The van der Waals surface area contributed by atoms with Gasteiger partial charge in [-0.25, -0.2) is 4.98 Å². The Hall–Kier alpha value is -1.09. The summed E-state index contributed by atoms with van der Waals surface area (Å²) in [4.78, 5) is 6.90. The maximum absolute atomic E-state index is 6.00. The number of pyridine rings is 1. The molecule has 0 aromatic carbocycles. The van der Waals surface area contributed by atoms with Crippen molar-refractivity contribution in [2.24, 2.45) is 11.7 Å². The maximum atomic E-state index is 6.00. The smallest absolute Gasteiger partial charge is 0.133 e. The largest absolute Gasteiger partial charge is 0.353 e. The van der Waals surface area contributed by atoms with Crippen molar-refractivity contribution in [2.75, 3.05) is 11.4 Å². The third-order valence-corrected chi connectivity index (χ3v) is 3.36. The topological polar surface area (TPSA) is 42.2 Å². The predicted molar refractivity (Wildman–Crippen MR) is 67.4 cm³/mol. The highest BCUT2D eigenvalue weighted by Crippen LogP contribution is 2.31. The molecule has 3 heteroatoms. The van der Waals surface area contributed by atoms with E-state index in [0.717, 1.165) is 23.8 Å². The summed E-state index contributed by atoms with van der Waals surface area (Å²) in [5, 5.41) is 0. The van der Waals surface area contributed by atoms with Crippen LogP contribution in [0.2, 0.25) is 0 Å². The van der Waals surface area contributed by atoms with Gasteiger partial charge < -0.3 is 10.6 Å². The third kappa shape index (κ3) is 2.05. The molecule has 1 fully saturated rings. The van der Waals surface area contributed by atoms with Crippen molar-refractivity contribution in [3.05, 3.63) is 23.9 Å². The van der Waals surface area contributed by atoms with E-state index >= 15 is 0 Å². The minimum absolute atomic E-state index is 0.0480. The van der Waals surface area contributed by atoms with Gasteiger partial charge in [-0.2, -0.15) is 0 Å². The zero-order valence-corrected chi connectivity index (χ0v) is 10.4. The lowest BCUT2D eigenvalue weighted by Crippen LogP contribution is -2.29. The van der Waals surface area contributed by atoms with E-state index in [0.29, 0.717) is 6.04 Å². The average molecular weight is 219 g/mol. The van der Waals surface area contributed by atoms with Gasteiger partial charge in [-0.3, -0.25) is 0 Å². The van der Waals surface area contributed by atoms with E-state index in [-0.39, 0.29) is 6.04 Å². The molecule has 0 spiro atoms. The normalized spacial score (nSPS) is 27.1. The van der Waals surface area contributed by atoms with Crippen LogP contribution in [0.3, 0.4) is 0 Å². The Morgan fingerprint density at radius 1 is 1.50 bits per heavy atom. The van der Waals surface area contributed by atoms with Crippen LogP contribution in [-0.2, 0) is 0 Å². The second-order valence-corrected chi connectivity index (χ2v) is 5.05. The van der Waals surface area contributed by atoms with E-state index in [1.54, 1.807) is 0 Å². The van der Waals surface area contributed by atoms with E-state index in [9.17, 15) is 0 Å². The van der Waals surface area contributed by atoms with Crippen molar-refractivity contribution >= 4 is 5.82 Å². The van der Waals surface area contributed by atoms with Gasteiger partial charge >= 0.3 is 0 Å². The van der Waals surface area contributed by atoms with Crippen LogP contribution in [-0.4, -0.2) is 17.6 Å². The minimum Gasteiger partial charge on any atom is -0.353 e. The van der Waals surface area contributed by atoms with E-state index in [4.69, 9.17) is 5.73 Å². The first-order chi connectivity index (χ1) is 7.59. The second kappa shape index (κ2) is 4.42. The molecule has 2 N–H and O–H groups in total. The Kier molecular flexibility index (Phi) is 3.15. The monoisotopic (exact) mass is 219 g/mol. The van der Waals surface area contributed by atoms with Crippen molar-refractivity contribution in [3.63, 3.8) is 0 Å². The molecule has 2 heterocycles. The van der Waals surface area contributed by atoms with Crippen molar-refractivity contribution in [3.8, 4) is 0 Å². The van der Waals surface area contributed by atoms with Crippen LogP contribution in [0.15, 0.2) is 18.3 Å². The standard InChI is InChI=1S/C13H21N3/c1-9-7-10(2)16(8-9)13-12(11(3)14)5-4-6-15-13/h4-6,9-11H,7-8,14H2,1-3H3/t9?,10?,11-/m1/s1. The zero-order chi connectivity index (χ0) is 11.7. The van der Waals surface area contributed by atoms with Crippen LogP contribution in [0.5, 0.6) is 0 Å². The number of aromatic nitrogens is 1. The second-order valence-electron chi connectivity index (χ2n) is 5.05. The highest BCUT2D eigenvalue weighted by Gasteiger charge is 2.28. The van der Waals surface area contributed by atoms with Gasteiger partial charge in [0.25, 0.3) is 0 Å². The molecule has 2 unspecified atom stereocenters. The van der Waals surface area contributed by atoms with E-state index in [1.807, 2.05) is 19.2 Å². The summed E-state index contributed by atoms with van der Waals surface area (Å²) in [5.74, 6) is 1.83. The van der Waals surface area contributed by atoms with Crippen LogP contribution < -0.4 is 10.6 Å². The minimum atomic E-state index is 0.0480. The Morgan fingerprint density at radius 2 is 2.25 bits per heavy atom. The first-order valence-corrected chi connectivity index (χ1v) is 6.06. The number of hydrogen-bond donors (Lipinski definition) is 1. The summed E-state index contributed by atoms with van der Waals surface area (Å²) in [7, 11) is 0. The van der Waals surface area contributed by atoms with Crippen LogP contribution in [0.4, 0.5) is 5.82 Å². The number of hydrogen-bond acceptors (Lipinski definition) is 3. The van der Waals surface area contributed by atoms with Crippen molar-refractivity contribution in [1.29, 1.82) is 0 Å². The van der Waals surface area contributed by atoms with Crippen LogP contribution in [0.25, 0.3) is 0 Å².